The first-order chi connectivity index (χ1) is 11.7. The number of rotatable bonds is 4. The van der Waals surface area contributed by atoms with E-state index >= 15 is 0 Å². The summed E-state index contributed by atoms with van der Waals surface area (Å²) in [5.74, 6) is -0.816. The van der Waals surface area contributed by atoms with Gasteiger partial charge in [-0.15, -0.1) is 0 Å². The number of sulfone groups is 1. The molecule has 0 saturated carbocycles. The zero-order chi connectivity index (χ0) is 18.4. The highest BCUT2D eigenvalue weighted by atomic mass is 32.2. The average Bonchev–Trinajstić information content (AvgIpc) is 3.12. The van der Waals surface area contributed by atoms with Crippen molar-refractivity contribution in [1.29, 1.82) is 0 Å². The molecule has 3 rings (SSSR count). The number of nitrogens with zero attached hydrogens (tertiary/aromatic N) is 1. The van der Waals surface area contributed by atoms with Crippen LogP contribution in [0.3, 0.4) is 0 Å². The Hall–Kier alpha value is -1.99. The lowest BCUT2D eigenvalue weighted by molar-refractivity contribution is -0.142. The third-order valence-electron chi connectivity index (χ3n) is 4.51. The summed E-state index contributed by atoms with van der Waals surface area (Å²) < 4.78 is 31.3. The molecule has 0 amide bonds. The van der Waals surface area contributed by atoms with Crippen LogP contribution in [0.2, 0.25) is 0 Å². The number of hydrogen-bond donors (Lipinski definition) is 0. The molecule has 0 spiro atoms. The van der Waals surface area contributed by atoms with Gasteiger partial charge in [0.25, 0.3) is 0 Å². The second kappa shape index (κ2) is 6.38. The van der Waals surface area contributed by atoms with Gasteiger partial charge in [0.1, 0.15) is 0 Å². The predicted octanol–water partition coefficient (Wildman–Crippen LogP) is 2.63. The van der Waals surface area contributed by atoms with Gasteiger partial charge in [-0.25, -0.2) is 8.42 Å². The van der Waals surface area contributed by atoms with Crippen molar-refractivity contribution in [2.75, 3.05) is 13.4 Å². The monoisotopic (exact) mass is 377 g/mol. The van der Waals surface area contributed by atoms with E-state index in [2.05, 4.69) is 0 Å². The molecule has 132 valence electrons. The van der Waals surface area contributed by atoms with Gasteiger partial charge in [-0.3, -0.25) is 4.79 Å². The molecule has 0 bridgehead atoms. The molecule has 2 heterocycles. The lowest BCUT2D eigenvalue weighted by Gasteiger charge is -2.11. The first-order valence-electron chi connectivity index (χ1n) is 7.86. The molecule has 25 heavy (non-hydrogen) atoms. The molecular weight excluding hydrogens is 358 g/mol. The Morgan fingerprint density at radius 2 is 1.92 bits per heavy atom. The van der Waals surface area contributed by atoms with E-state index in [1.54, 1.807) is 6.07 Å². The molecule has 0 aliphatic carbocycles. The second-order valence-corrected chi connectivity index (χ2v) is 8.66. The van der Waals surface area contributed by atoms with Gasteiger partial charge in [0.05, 0.1) is 28.5 Å². The van der Waals surface area contributed by atoms with E-state index < -0.39 is 15.8 Å². The summed E-state index contributed by atoms with van der Waals surface area (Å²) in [7, 11) is -2.15. The van der Waals surface area contributed by atoms with Crippen LogP contribution in [0.25, 0.3) is 0 Å². The van der Waals surface area contributed by atoms with Crippen LogP contribution in [0.15, 0.2) is 35.2 Å². The van der Waals surface area contributed by atoms with Crippen LogP contribution in [-0.2, 0) is 25.9 Å². The Balaban J connectivity index is 2.17. The van der Waals surface area contributed by atoms with Gasteiger partial charge in [-0.05, 0) is 25.0 Å². The van der Waals surface area contributed by atoms with Crippen molar-refractivity contribution >= 4 is 32.9 Å². The van der Waals surface area contributed by atoms with Crippen molar-refractivity contribution in [1.82, 2.24) is 4.57 Å². The quantitative estimate of drug-likeness (QED) is 0.466. The van der Waals surface area contributed by atoms with E-state index in [1.807, 2.05) is 35.8 Å². The highest BCUT2D eigenvalue weighted by Crippen LogP contribution is 2.36. The van der Waals surface area contributed by atoms with Crippen LogP contribution in [-0.4, -0.2) is 37.2 Å². The minimum atomic E-state index is -3.49. The maximum Gasteiger partial charge on any atom is 0.314 e. The topological polar surface area (TPSA) is 65.4 Å². The summed E-state index contributed by atoms with van der Waals surface area (Å²) in [6, 6.07) is 9.21. The van der Waals surface area contributed by atoms with Crippen molar-refractivity contribution < 1.29 is 17.9 Å². The van der Waals surface area contributed by atoms with E-state index in [-0.39, 0.29) is 10.9 Å². The molecule has 0 fully saturated rings. The average molecular weight is 377 g/mol. The molecule has 1 aliphatic heterocycles. The Labute approximate surface area is 152 Å². The van der Waals surface area contributed by atoms with Gasteiger partial charge < -0.3 is 9.30 Å². The Kier molecular flexibility index (Phi) is 4.55. The zero-order valence-electron chi connectivity index (χ0n) is 14.3. The fourth-order valence-electron chi connectivity index (χ4n) is 3.22. The number of benzene rings is 1. The zero-order valence-corrected chi connectivity index (χ0v) is 15.9. The predicted molar refractivity (Wildman–Crippen MR) is 98.9 cm³/mol. The van der Waals surface area contributed by atoms with Crippen molar-refractivity contribution in [3.63, 3.8) is 0 Å². The van der Waals surface area contributed by atoms with Crippen LogP contribution in [0.4, 0.5) is 0 Å². The number of esters is 1. The maximum absolute atomic E-state index is 12.3. The number of carbonyl (C=O) groups is 1. The fraction of sp³-hybridized carbons (Fsp3) is 0.333. The second-order valence-electron chi connectivity index (χ2n) is 6.27. The number of thiocarbonyl (C=S) groups is 1. The lowest BCUT2D eigenvalue weighted by atomic mass is 10.1. The molecular formula is C18H19NO4S2. The van der Waals surface area contributed by atoms with Crippen LogP contribution in [0.5, 0.6) is 0 Å². The minimum Gasteiger partial charge on any atom is -0.469 e. The normalized spacial score (nSPS) is 16.5. The molecule has 2 aromatic rings. The van der Waals surface area contributed by atoms with Gasteiger partial charge in [-0.1, -0.05) is 42.0 Å². The first kappa shape index (κ1) is 17.8. The number of fused-ring (bicyclic) bond motifs is 1. The van der Waals surface area contributed by atoms with Gasteiger partial charge in [0.2, 0.25) is 0 Å². The molecule has 0 radical (unpaired) electrons. The Morgan fingerprint density at radius 1 is 1.28 bits per heavy atom. The largest absolute Gasteiger partial charge is 0.469 e. The number of ether oxygens (including phenoxy) is 1. The van der Waals surface area contributed by atoms with Crippen molar-refractivity contribution in [2.24, 2.45) is 0 Å². The number of aryl methyl sites for hydroxylation is 1. The van der Waals surface area contributed by atoms with Gasteiger partial charge in [0.15, 0.2) is 9.84 Å². The van der Waals surface area contributed by atoms with Crippen LogP contribution >= 0.6 is 12.2 Å². The number of hydrogen-bond acceptors (Lipinski definition) is 5. The van der Waals surface area contributed by atoms with Gasteiger partial charge >= 0.3 is 5.97 Å². The minimum absolute atomic E-state index is 0.168. The number of aromatic nitrogens is 1. The van der Waals surface area contributed by atoms with Crippen molar-refractivity contribution in [3.8, 4) is 0 Å². The highest BCUT2D eigenvalue weighted by Gasteiger charge is 2.36. The standard InChI is InChI=1S/C18H19NO4S2/c1-11-4-6-12(7-5-11)17(24)16-15(25(3,21)22)10-14-13(18(20)23-2)8-9-19(14)16/h4-7,10,13H,8-9H2,1-3H3. The van der Waals surface area contributed by atoms with Gasteiger partial charge in [0, 0.05) is 18.5 Å². The summed E-state index contributed by atoms with van der Waals surface area (Å²) in [4.78, 5) is 12.6. The number of carbonyl (C=O) groups excluding carboxylic acids is 1. The van der Waals surface area contributed by atoms with Crippen LogP contribution in [0.1, 0.15) is 34.9 Å². The summed E-state index contributed by atoms with van der Waals surface area (Å²) in [5, 5.41) is 0. The number of methoxy groups -OCH3 is 1. The molecule has 7 heteroatoms. The first-order valence-corrected chi connectivity index (χ1v) is 10.2. The Morgan fingerprint density at radius 3 is 2.48 bits per heavy atom. The highest BCUT2D eigenvalue weighted by molar-refractivity contribution is 7.91. The van der Waals surface area contributed by atoms with Crippen molar-refractivity contribution in [3.05, 3.63) is 52.8 Å². The molecule has 1 unspecified atom stereocenters. The fourth-order valence-corrected chi connectivity index (χ4v) is 4.54. The third-order valence-corrected chi connectivity index (χ3v) is 6.05. The van der Waals surface area contributed by atoms with Gasteiger partial charge in [-0.2, -0.15) is 0 Å². The van der Waals surface area contributed by atoms with E-state index in [0.29, 0.717) is 29.2 Å². The summed E-state index contributed by atoms with van der Waals surface area (Å²) in [6.45, 7) is 2.51. The van der Waals surface area contributed by atoms with Crippen LogP contribution in [0, 0.1) is 6.92 Å². The molecule has 5 nitrogen and oxygen atoms in total. The maximum atomic E-state index is 12.3. The smallest absolute Gasteiger partial charge is 0.314 e. The summed E-state index contributed by atoms with van der Waals surface area (Å²) in [5.41, 5.74) is 3.02. The van der Waals surface area contributed by atoms with E-state index in [4.69, 9.17) is 17.0 Å². The van der Waals surface area contributed by atoms with Crippen molar-refractivity contribution in [2.45, 2.75) is 30.7 Å². The lowest BCUT2D eigenvalue weighted by Crippen LogP contribution is -2.12. The molecule has 0 saturated heterocycles. The SMILES string of the molecule is COC(=O)C1CCn2c1cc(S(C)(=O)=O)c2C(=S)c1ccc(C)cc1. The Bertz CT molecular complexity index is 956. The summed E-state index contributed by atoms with van der Waals surface area (Å²) in [6.07, 6.45) is 1.74. The third kappa shape index (κ3) is 3.14. The molecule has 1 aromatic heterocycles. The van der Waals surface area contributed by atoms with E-state index in [9.17, 15) is 13.2 Å². The van der Waals surface area contributed by atoms with E-state index in [1.165, 1.54) is 7.11 Å². The molecule has 0 N–H and O–H groups in total. The molecule has 1 aliphatic rings. The molecule has 1 aromatic carbocycles. The van der Waals surface area contributed by atoms with Crippen LogP contribution < -0.4 is 0 Å². The summed E-state index contributed by atoms with van der Waals surface area (Å²) >= 11 is 5.61. The molecule has 1 atom stereocenters. The van der Waals surface area contributed by atoms with E-state index in [0.717, 1.165) is 17.4 Å².